The number of fused-ring (bicyclic) bond motifs is 1. The number of amides is 1. The maximum absolute atomic E-state index is 12.6. The van der Waals surface area contributed by atoms with Gasteiger partial charge in [0.2, 0.25) is 5.91 Å². The molecule has 0 spiro atoms. The van der Waals surface area contributed by atoms with Gasteiger partial charge in [-0.15, -0.1) is 0 Å². The molecule has 2 aliphatic rings. The summed E-state index contributed by atoms with van der Waals surface area (Å²) in [5, 5.41) is 11.6. The fraction of sp³-hybridized carbons (Fsp3) is 0.500. The van der Waals surface area contributed by atoms with Crippen molar-refractivity contribution in [3.05, 3.63) is 36.5 Å². The molecule has 0 saturated carbocycles. The molecule has 0 radical (unpaired) electrons. The molecule has 1 aromatic heterocycles. The first-order valence-corrected chi connectivity index (χ1v) is 10.1. The molecular formula is C22H27N5O. The molecule has 1 unspecified atom stereocenters. The Morgan fingerprint density at radius 3 is 2.71 bits per heavy atom. The summed E-state index contributed by atoms with van der Waals surface area (Å²) in [6.45, 7) is 2.96. The van der Waals surface area contributed by atoms with Crippen molar-refractivity contribution in [2.75, 3.05) is 38.1 Å². The largest absolute Gasteiger partial charge is 0.357 e. The third-order valence-corrected chi connectivity index (χ3v) is 6.16. The van der Waals surface area contributed by atoms with E-state index < -0.39 is 0 Å². The second-order valence-corrected chi connectivity index (χ2v) is 7.88. The van der Waals surface area contributed by atoms with Crippen LogP contribution in [0.2, 0.25) is 0 Å². The molecule has 2 aliphatic heterocycles. The molecule has 1 amide bonds. The minimum absolute atomic E-state index is 0.104. The fourth-order valence-corrected chi connectivity index (χ4v) is 4.40. The Bertz CT molecular complexity index is 884. The lowest BCUT2D eigenvalue weighted by Gasteiger charge is -2.37. The van der Waals surface area contributed by atoms with Gasteiger partial charge < -0.3 is 9.80 Å². The van der Waals surface area contributed by atoms with Gasteiger partial charge in [-0.3, -0.25) is 9.69 Å². The van der Waals surface area contributed by atoms with E-state index in [0.29, 0.717) is 12.6 Å². The van der Waals surface area contributed by atoms with Gasteiger partial charge in [-0.2, -0.15) is 5.26 Å². The Labute approximate surface area is 166 Å². The van der Waals surface area contributed by atoms with Crippen LogP contribution >= 0.6 is 0 Å². The van der Waals surface area contributed by atoms with Gasteiger partial charge in [0.1, 0.15) is 11.9 Å². The molecule has 0 N–H and O–H groups in total. The number of carbonyl (C=O) groups excluding carboxylic acids is 1. The molecule has 0 bridgehead atoms. The van der Waals surface area contributed by atoms with Crippen LogP contribution in [0, 0.1) is 11.3 Å². The topological polar surface area (TPSA) is 63.5 Å². The highest BCUT2D eigenvalue weighted by molar-refractivity contribution is 5.84. The van der Waals surface area contributed by atoms with E-state index >= 15 is 0 Å². The van der Waals surface area contributed by atoms with Crippen molar-refractivity contribution >= 4 is 22.5 Å². The van der Waals surface area contributed by atoms with Gasteiger partial charge in [0.25, 0.3) is 0 Å². The highest BCUT2D eigenvalue weighted by atomic mass is 16.2. The number of anilines is 1. The fourth-order valence-electron chi connectivity index (χ4n) is 4.40. The van der Waals surface area contributed by atoms with Crippen LogP contribution < -0.4 is 4.90 Å². The number of hydrogen-bond donors (Lipinski definition) is 0. The van der Waals surface area contributed by atoms with Crippen molar-refractivity contribution in [2.45, 2.75) is 37.8 Å². The molecule has 146 valence electrons. The Morgan fingerprint density at radius 2 is 1.96 bits per heavy atom. The monoisotopic (exact) mass is 377 g/mol. The SMILES string of the molecule is CN(c1cc2ccccc2cn1)C1CCN(CC(=O)N2CCCC2C#N)CC1. The van der Waals surface area contributed by atoms with Gasteiger partial charge in [0, 0.05) is 44.3 Å². The van der Waals surface area contributed by atoms with E-state index in [1.165, 1.54) is 5.39 Å². The number of likely N-dealkylation sites (tertiary alicyclic amines) is 2. The number of rotatable bonds is 4. The Kier molecular flexibility index (Phi) is 5.45. The van der Waals surface area contributed by atoms with Crippen molar-refractivity contribution in [3.8, 4) is 6.07 Å². The number of nitriles is 1. The van der Waals surface area contributed by atoms with Crippen LogP contribution in [-0.2, 0) is 4.79 Å². The standard InChI is InChI=1S/C22H27N5O/c1-25(21-13-17-5-2-3-6-18(17)15-24-21)19-8-11-26(12-9-19)16-22(28)27-10-4-7-20(27)14-23/h2-3,5-6,13,15,19-20H,4,7-12,16H2,1H3. The summed E-state index contributed by atoms with van der Waals surface area (Å²) < 4.78 is 0. The third kappa shape index (κ3) is 3.81. The van der Waals surface area contributed by atoms with Crippen LogP contribution in [0.3, 0.4) is 0 Å². The quantitative estimate of drug-likeness (QED) is 0.820. The van der Waals surface area contributed by atoms with Gasteiger partial charge in [-0.1, -0.05) is 24.3 Å². The van der Waals surface area contributed by atoms with E-state index in [2.05, 4.69) is 52.2 Å². The molecule has 2 saturated heterocycles. The average Bonchev–Trinajstić information content (AvgIpc) is 3.22. The summed E-state index contributed by atoms with van der Waals surface area (Å²) in [6, 6.07) is 12.9. The summed E-state index contributed by atoms with van der Waals surface area (Å²) in [5.74, 6) is 1.11. The molecule has 2 fully saturated rings. The predicted octanol–water partition coefficient (Wildman–Crippen LogP) is 2.65. The number of carbonyl (C=O) groups is 1. The molecular weight excluding hydrogens is 350 g/mol. The molecule has 28 heavy (non-hydrogen) atoms. The Balaban J connectivity index is 1.33. The van der Waals surface area contributed by atoms with Crippen molar-refractivity contribution in [3.63, 3.8) is 0 Å². The summed E-state index contributed by atoms with van der Waals surface area (Å²) in [4.78, 5) is 23.5. The first-order valence-electron chi connectivity index (χ1n) is 10.1. The number of benzene rings is 1. The highest BCUT2D eigenvalue weighted by Crippen LogP contribution is 2.24. The molecule has 1 atom stereocenters. The van der Waals surface area contributed by atoms with E-state index in [-0.39, 0.29) is 11.9 Å². The van der Waals surface area contributed by atoms with Gasteiger partial charge in [0.05, 0.1) is 12.6 Å². The molecule has 4 rings (SSSR count). The normalized spacial score (nSPS) is 21.0. The van der Waals surface area contributed by atoms with Crippen LogP contribution in [0.25, 0.3) is 10.8 Å². The highest BCUT2D eigenvalue weighted by Gasteiger charge is 2.31. The maximum atomic E-state index is 12.6. The van der Waals surface area contributed by atoms with Gasteiger partial charge in [0.15, 0.2) is 0 Å². The minimum Gasteiger partial charge on any atom is -0.357 e. The average molecular weight is 377 g/mol. The number of aromatic nitrogens is 1. The maximum Gasteiger partial charge on any atom is 0.237 e. The van der Waals surface area contributed by atoms with Gasteiger partial charge in [-0.25, -0.2) is 4.98 Å². The summed E-state index contributed by atoms with van der Waals surface area (Å²) in [7, 11) is 2.12. The van der Waals surface area contributed by atoms with Gasteiger partial charge >= 0.3 is 0 Å². The molecule has 1 aromatic carbocycles. The second kappa shape index (κ2) is 8.15. The van der Waals surface area contributed by atoms with E-state index in [1.807, 2.05) is 12.3 Å². The number of piperidine rings is 1. The van der Waals surface area contributed by atoms with E-state index in [1.54, 1.807) is 4.90 Å². The zero-order chi connectivity index (χ0) is 19.5. The van der Waals surface area contributed by atoms with Crippen LogP contribution in [0.5, 0.6) is 0 Å². The summed E-state index contributed by atoms with van der Waals surface area (Å²) in [6.07, 6.45) is 5.72. The number of pyridine rings is 1. The molecule has 2 aromatic rings. The second-order valence-electron chi connectivity index (χ2n) is 7.88. The molecule has 3 heterocycles. The van der Waals surface area contributed by atoms with Crippen LogP contribution in [-0.4, -0.2) is 66.0 Å². The lowest BCUT2D eigenvalue weighted by Crippen LogP contribution is -2.48. The Morgan fingerprint density at radius 1 is 1.21 bits per heavy atom. The van der Waals surface area contributed by atoms with Crippen molar-refractivity contribution < 1.29 is 4.79 Å². The molecule has 6 heteroatoms. The first kappa shape index (κ1) is 18.7. The van der Waals surface area contributed by atoms with Crippen LogP contribution in [0.15, 0.2) is 36.5 Å². The van der Waals surface area contributed by atoms with Crippen molar-refractivity contribution in [2.24, 2.45) is 0 Å². The number of hydrogen-bond acceptors (Lipinski definition) is 5. The first-order chi connectivity index (χ1) is 13.7. The van der Waals surface area contributed by atoms with Gasteiger partial charge in [-0.05, 0) is 37.1 Å². The van der Waals surface area contributed by atoms with E-state index in [0.717, 1.165) is 56.5 Å². The molecule has 6 nitrogen and oxygen atoms in total. The predicted molar refractivity (Wildman–Crippen MR) is 110 cm³/mol. The zero-order valence-corrected chi connectivity index (χ0v) is 16.4. The lowest BCUT2D eigenvalue weighted by molar-refractivity contribution is -0.132. The minimum atomic E-state index is -0.227. The van der Waals surface area contributed by atoms with Crippen molar-refractivity contribution in [1.82, 2.24) is 14.8 Å². The van der Waals surface area contributed by atoms with E-state index in [9.17, 15) is 10.1 Å². The van der Waals surface area contributed by atoms with Crippen LogP contribution in [0.4, 0.5) is 5.82 Å². The van der Waals surface area contributed by atoms with E-state index in [4.69, 9.17) is 0 Å². The number of nitrogens with zero attached hydrogens (tertiary/aromatic N) is 5. The van der Waals surface area contributed by atoms with Crippen molar-refractivity contribution in [1.29, 1.82) is 5.26 Å². The molecule has 0 aliphatic carbocycles. The zero-order valence-electron chi connectivity index (χ0n) is 16.4. The smallest absolute Gasteiger partial charge is 0.237 e. The Hall–Kier alpha value is -2.65. The summed E-state index contributed by atoms with van der Waals surface area (Å²) in [5.41, 5.74) is 0. The lowest BCUT2D eigenvalue weighted by atomic mass is 10.0. The summed E-state index contributed by atoms with van der Waals surface area (Å²) >= 11 is 0. The van der Waals surface area contributed by atoms with Crippen LogP contribution in [0.1, 0.15) is 25.7 Å². The third-order valence-electron chi connectivity index (χ3n) is 6.16.